The molecule has 1 N–H and O–H groups in total. The molecule has 1 aliphatic heterocycles. The van der Waals surface area contributed by atoms with Crippen LogP contribution >= 0.6 is 11.6 Å². The third-order valence-electron chi connectivity index (χ3n) is 5.87. The van der Waals surface area contributed by atoms with Gasteiger partial charge in [0.2, 0.25) is 17.6 Å². The van der Waals surface area contributed by atoms with Crippen molar-refractivity contribution in [2.75, 3.05) is 20.2 Å². The van der Waals surface area contributed by atoms with Crippen LogP contribution in [0.4, 0.5) is 0 Å². The molecule has 2 heterocycles. The lowest BCUT2D eigenvalue weighted by molar-refractivity contribution is -0.127. The molecule has 3 aromatic rings. The maximum absolute atomic E-state index is 12.8. The number of benzene rings is 2. The Hall–Kier alpha value is -2.90. The average molecular weight is 455 g/mol. The number of halogens is 1. The summed E-state index contributed by atoms with van der Waals surface area (Å²) in [7, 11) is 1.64. The van der Waals surface area contributed by atoms with E-state index in [0.717, 1.165) is 42.8 Å². The molecule has 1 unspecified atom stereocenters. The highest BCUT2D eigenvalue weighted by molar-refractivity contribution is 6.33. The molecule has 0 aliphatic carbocycles. The van der Waals surface area contributed by atoms with E-state index in [0.29, 0.717) is 23.3 Å². The van der Waals surface area contributed by atoms with Gasteiger partial charge in [-0.25, -0.2) is 0 Å². The highest BCUT2D eigenvalue weighted by Crippen LogP contribution is 2.26. The molecule has 1 aliphatic rings. The summed E-state index contributed by atoms with van der Waals surface area (Å²) in [6.45, 7) is 4.17. The molecule has 32 heavy (non-hydrogen) atoms. The summed E-state index contributed by atoms with van der Waals surface area (Å²) in [5.74, 6) is 1.96. The van der Waals surface area contributed by atoms with Crippen LogP contribution in [0.2, 0.25) is 5.02 Å². The fourth-order valence-corrected chi connectivity index (χ4v) is 4.14. The number of carbonyl (C=O) groups excluding carboxylic acids is 1. The van der Waals surface area contributed by atoms with Crippen LogP contribution in [0, 0.1) is 5.92 Å². The van der Waals surface area contributed by atoms with Crippen molar-refractivity contribution in [1.82, 2.24) is 20.4 Å². The highest BCUT2D eigenvalue weighted by atomic mass is 35.5. The molecule has 168 valence electrons. The van der Waals surface area contributed by atoms with Crippen LogP contribution in [0.15, 0.2) is 53.1 Å². The molecule has 0 spiro atoms. The van der Waals surface area contributed by atoms with Crippen LogP contribution in [0.3, 0.4) is 0 Å². The largest absolute Gasteiger partial charge is 0.497 e. The molecule has 1 fully saturated rings. The minimum Gasteiger partial charge on any atom is -0.497 e. The molecule has 1 amide bonds. The summed E-state index contributed by atoms with van der Waals surface area (Å²) in [6, 6.07) is 15.2. The summed E-state index contributed by atoms with van der Waals surface area (Å²) in [4.78, 5) is 19.5. The lowest BCUT2D eigenvalue weighted by atomic mass is 9.95. The van der Waals surface area contributed by atoms with E-state index in [4.69, 9.17) is 20.9 Å². The fraction of sp³-hybridized carbons (Fsp3) is 0.375. The van der Waals surface area contributed by atoms with Crippen LogP contribution in [0.1, 0.15) is 37.3 Å². The van der Waals surface area contributed by atoms with Gasteiger partial charge in [0.25, 0.3) is 0 Å². The molecule has 1 aromatic heterocycles. The zero-order valence-corrected chi connectivity index (χ0v) is 19.0. The van der Waals surface area contributed by atoms with E-state index in [1.165, 1.54) is 0 Å². The molecule has 0 saturated carbocycles. The van der Waals surface area contributed by atoms with Gasteiger partial charge >= 0.3 is 0 Å². The first kappa shape index (κ1) is 22.3. The number of aromatic nitrogens is 2. The van der Waals surface area contributed by atoms with Crippen molar-refractivity contribution < 1.29 is 14.1 Å². The van der Waals surface area contributed by atoms with Crippen molar-refractivity contribution in [3.8, 4) is 17.1 Å². The topological polar surface area (TPSA) is 80.5 Å². The minimum absolute atomic E-state index is 0.00770. The van der Waals surface area contributed by atoms with Crippen LogP contribution in [-0.4, -0.2) is 41.1 Å². The minimum atomic E-state index is -0.0481. The van der Waals surface area contributed by atoms with Crippen molar-refractivity contribution in [3.05, 3.63) is 65.0 Å². The quantitative estimate of drug-likeness (QED) is 0.566. The monoisotopic (exact) mass is 454 g/mol. The molecule has 2 aromatic carbocycles. The number of nitrogens with one attached hydrogen (secondary N) is 1. The molecule has 4 rings (SSSR count). The Kier molecular flexibility index (Phi) is 7.07. The van der Waals surface area contributed by atoms with Gasteiger partial charge in [-0.3, -0.25) is 9.69 Å². The van der Waals surface area contributed by atoms with Crippen molar-refractivity contribution in [2.24, 2.45) is 5.92 Å². The molecular formula is C24H27ClN4O3. The van der Waals surface area contributed by atoms with Crippen molar-refractivity contribution in [3.63, 3.8) is 0 Å². The Morgan fingerprint density at radius 2 is 1.94 bits per heavy atom. The number of carbonyl (C=O) groups is 1. The van der Waals surface area contributed by atoms with E-state index in [1.807, 2.05) is 49.4 Å². The number of piperidine rings is 1. The van der Waals surface area contributed by atoms with Crippen LogP contribution < -0.4 is 10.1 Å². The van der Waals surface area contributed by atoms with Gasteiger partial charge in [0.05, 0.1) is 24.7 Å². The third-order valence-corrected chi connectivity index (χ3v) is 6.20. The standard InChI is InChI=1S/C24H27ClN4O3/c1-16(17-7-9-19(31-2)10-8-17)26-24(30)18-11-13-29(14-12-18)15-22-27-23(28-32-22)20-5-3-4-6-21(20)25/h3-10,16,18H,11-15H2,1-2H3,(H,26,30). The van der Waals surface area contributed by atoms with Gasteiger partial charge in [0.15, 0.2) is 0 Å². The number of amides is 1. The molecule has 1 saturated heterocycles. The SMILES string of the molecule is COc1ccc(C(C)NC(=O)C2CCN(Cc3nc(-c4ccccc4Cl)no3)CC2)cc1. The predicted molar refractivity (Wildman–Crippen MR) is 122 cm³/mol. The zero-order valence-electron chi connectivity index (χ0n) is 18.3. The van der Waals surface area contributed by atoms with Crippen LogP contribution in [-0.2, 0) is 11.3 Å². The maximum Gasteiger partial charge on any atom is 0.241 e. The van der Waals surface area contributed by atoms with Crippen molar-refractivity contribution in [2.45, 2.75) is 32.4 Å². The number of likely N-dealkylation sites (tertiary alicyclic amines) is 1. The van der Waals surface area contributed by atoms with E-state index in [2.05, 4.69) is 20.4 Å². The summed E-state index contributed by atoms with van der Waals surface area (Å²) < 4.78 is 10.6. The van der Waals surface area contributed by atoms with Gasteiger partial charge < -0.3 is 14.6 Å². The molecular weight excluding hydrogens is 428 g/mol. The molecule has 0 radical (unpaired) electrons. The first-order valence-electron chi connectivity index (χ1n) is 10.8. The van der Waals surface area contributed by atoms with E-state index in [9.17, 15) is 4.79 Å². The van der Waals surface area contributed by atoms with Crippen LogP contribution in [0.5, 0.6) is 5.75 Å². The fourth-order valence-electron chi connectivity index (χ4n) is 3.92. The van der Waals surface area contributed by atoms with E-state index >= 15 is 0 Å². The van der Waals surface area contributed by atoms with Crippen molar-refractivity contribution in [1.29, 1.82) is 0 Å². The Labute approximate surface area is 192 Å². The Bertz CT molecular complexity index is 1050. The highest BCUT2D eigenvalue weighted by Gasteiger charge is 2.27. The Balaban J connectivity index is 1.27. The summed E-state index contributed by atoms with van der Waals surface area (Å²) >= 11 is 6.22. The summed E-state index contributed by atoms with van der Waals surface area (Å²) in [5, 5.41) is 7.80. The smallest absolute Gasteiger partial charge is 0.241 e. The third kappa shape index (κ3) is 5.29. The Morgan fingerprint density at radius 1 is 1.22 bits per heavy atom. The van der Waals surface area contributed by atoms with Crippen molar-refractivity contribution >= 4 is 17.5 Å². The second-order valence-electron chi connectivity index (χ2n) is 8.05. The van der Waals surface area contributed by atoms with E-state index in [1.54, 1.807) is 13.2 Å². The van der Waals surface area contributed by atoms with Gasteiger partial charge in [0.1, 0.15) is 5.75 Å². The first-order chi connectivity index (χ1) is 15.5. The molecule has 8 heteroatoms. The Morgan fingerprint density at radius 3 is 2.62 bits per heavy atom. The number of hydrogen-bond acceptors (Lipinski definition) is 6. The number of hydrogen-bond donors (Lipinski definition) is 1. The molecule has 1 atom stereocenters. The zero-order chi connectivity index (χ0) is 22.5. The van der Waals surface area contributed by atoms with E-state index in [-0.39, 0.29) is 17.9 Å². The number of nitrogens with zero attached hydrogens (tertiary/aromatic N) is 3. The summed E-state index contributed by atoms with van der Waals surface area (Å²) in [5.41, 5.74) is 1.81. The predicted octanol–water partition coefficient (Wildman–Crippen LogP) is 4.49. The lowest BCUT2D eigenvalue weighted by Gasteiger charge is -2.30. The first-order valence-corrected chi connectivity index (χ1v) is 11.2. The normalized spacial score (nSPS) is 16.0. The van der Waals surface area contributed by atoms with Gasteiger partial charge in [-0.1, -0.05) is 41.0 Å². The molecule has 7 nitrogen and oxygen atoms in total. The average Bonchev–Trinajstić information content (AvgIpc) is 3.28. The number of ether oxygens (including phenoxy) is 1. The second kappa shape index (κ2) is 10.1. The van der Waals surface area contributed by atoms with Gasteiger partial charge in [-0.05, 0) is 62.7 Å². The molecule has 0 bridgehead atoms. The summed E-state index contributed by atoms with van der Waals surface area (Å²) in [6.07, 6.45) is 1.60. The lowest BCUT2D eigenvalue weighted by Crippen LogP contribution is -2.40. The number of rotatable bonds is 7. The van der Waals surface area contributed by atoms with Gasteiger partial charge in [-0.15, -0.1) is 0 Å². The van der Waals surface area contributed by atoms with Gasteiger partial charge in [0, 0.05) is 11.5 Å². The number of methoxy groups -OCH3 is 1. The second-order valence-corrected chi connectivity index (χ2v) is 8.45. The van der Waals surface area contributed by atoms with Gasteiger partial charge in [-0.2, -0.15) is 4.98 Å². The van der Waals surface area contributed by atoms with E-state index < -0.39 is 0 Å². The maximum atomic E-state index is 12.8. The van der Waals surface area contributed by atoms with Crippen LogP contribution in [0.25, 0.3) is 11.4 Å².